The molecule has 0 aliphatic heterocycles. The van der Waals surface area contributed by atoms with E-state index in [1.54, 1.807) is 18.2 Å². The summed E-state index contributed by atoms with van der Waals surface area (Å²) in [6, 6.07) is 11.5. The highest BCUT2D eigenvalue weighted by Gasteiger charge is 2.35. The summed E-state index contributed by atoms with van der Waals surface area (Å²) in [4.78, 5) is 7.57. The first-order valence-corrected chi connectivity index (χ1v) is 7.68. The van der Waals surface area contributed by atoms with Crippen molar-refractivity contribution in [1.82, 2.24) is 9.97 Å². The monoisotopic (exact) mass is 382 g/mol. The van der Waals surface area contributed by atoms with Crippen LogP contribution in [0.5, 0.6) is 0 Å². The third-order valence-corrected chi connectivity index (χ3v) is 3.52. The number of benzene rings is 2. The Kier molecular flexibility index (Phi) is 4.94. The summed E-state index contributed by atoms with van der Waals surface area (Å²) >= 11 is 5.85. The van der Waals surface area contributed by atoms with Crippen molar-refractivity contribution in [2.75, 3.05) is 10.6 Å². The van der Waals surface area contributed by atoms with Crippen LogP contribution in [0.25, 0.3) is 0 Å². The SMILES string of the molecule is Fc1ccc(Nc2ncc(C(F)(F)F)c(Nc3cccc(Cl)c3)n2)cc1. The topological polar surface area (TPSA) is 49.8 Å². The smallest absolute Gasteiger partial charge is 0.340 e. The number of halogens is 5. The Bertz CT molecular complexity index is 913. The zero-order valence-electron chi connectivity index (χ0n) is 13.0. The van der Waals surface area contributed by atoms with E-state index in [0.29, 0.717) is 22.6 Å². The van der Waals surface area contributed by atoms with Crippen LogP contribution in [-0.2, 0) is 6.18 Å². The minimum atomic E-state index is -4.64. The van der Waals surface area contributed by atoms with Gasteiger partial charge in [-0.05, 0) is 42.5 Å². The lowest BCUT2D eigenvalue weighted by atomic mass is 10.2. The lowest BCUT2D eigenvalue weighted by Gasteiger charge is -2.15. The Morgan fingerprint density at radius 2 is 1.65 bits per heavy atom. The minimum Gasteiger partial charge on any atom is -0.340 e. The maximum atomic E-state index is 13.2. The van der Waals surface area contributed by atoms with Gasteiger partial charge in [0.1, 0.15) is 17.2 Å². The number of hydrogen-bond acceptors (Lipinski definition) is 4. The second kappa shape index (κ2) is 7.17. The van der Waals surface area contributed by atoms with Gasteiger partial charge >= 0.3 is 6.18 Å². The average Bonchev–Trinajstić information content (AvgIpc) is 2.56. The van der Waals surface area contributed by atoms with Crippen LogP contribution in [0.15, 0.2) is 54.7 Å². The lowest BCUT2D eigenvalue weighted by molar-refractivity contribution is -0.137. The van der Waals surface area contributed by atoms with Gasteiger partial charge in [0.2, 0.25) is 5.95 Å². The first-order chi connectivity index (χ1) is 12.3. The molecule has 3 aromatic rings. The van der Waals surface area contributed by atoms with Crippen molar-refractivity contribution in [2.24, 2.45) is 0 Å². The second-order valence-electron chi connectivity index (χ2n) is 5.22. The molecule has 134 valence electrons. The van der Waals surface area contributed by atoms with Gasteiger partial charge in [-0.1, -0.05) is 17.7 Å². The highest BCUT2D eigenvalue weighted by molar-refractivity contribution is 6.30. The van der Waals surface area contributed by atoms with E-state index in [9.17, 15) is 17.6 Å². The molecule has 1 heterocycles. The highest BCUT2D eigenvalue weighted by atomic mass is 35.5. The molecule has 26 heavy (non-hydrogen) atoms. The van der Waals surface area contributed by atoms with E-state index < -0.39 is 23.4 Å². The first kappa shape index (κ1) is 17.9. The van der Waals surface area contributed by atoms with Crippen molar-refractivity contribution in [1.29, 1.82) is 0 Å². The highest BCUT2D eigenvalue weighted by Crippen LogP contribution is 2.35. The van der Waals surface area contributed by atoms with Gasteiger partial charge in [-0.25, -0.2) is 9.37 Å². The molecular weight excluding hydrogens is 372 g/mol. The molecule has 0 spiro atoms. The second-order valence-corrected chi connectivity index (χ2v) is 5.66. The van der Waals surface area contributed by atoms with Crippen LogP contribution in [0.1, 0.15) is 5.56 Å². The molecule has 2 aromatic carbocycles. The van der Waals surface area contributed by atoms with E-state index in [-0.39, 0.29) is 5.95 Å². The first-order valence-electron chi connectivity index (χ1n) is 7.31. The quantitative estimate of drug-likeness (QED) is 0.562. The molecule has 0 unspecified atom stereocenters. The fourth-order valence-corrected chi connectivity index (χ4v) is 2.30. The number of rotatable bonds is 4. The van der Waals surface area contributed by atoms with Crippen molar-refractivity contribution < 1.29 is 17.6 Å². The van der Waals surface area contributed by atoms with Gasteiger partial charge in [0.15, 0.2) is 0 Å². The maximum absolute atomic E-state index is 13.2. The molecule has 0 atom stereocenters. The largest absolute Gasteiger partial charge is 0.421 e. The zero-order valence-corrected chi connectivity index (χ0v) is 13.7. The van der Waals surface area contributed by atoms with Crippen molar-refractivity contribution in [3.05, 3.63) is 71.1 Å². The van der Waals surface area contributed by atoms with Gasteiger partial charge in [-0.2, -0.15) is 18.2 Å². The van der Waals surface area contributed by atoms with Crippen molar-refractivity contribution in [2.45, 2.75) is 6.18 Å². The van der Waals surface area contributed by atoms with E-state index in [0.717, 1.165) is 0 Å². The van der Waals surface area contributed by atoms with E-state index in [2.05, 4.69) is 20.6 Å². The van der Waals surface area contributed by atoms with Crippen LogP contribution < -0.4 is 10.6 Å². The van der Waals surface area contributed by atoms with E-state index in [4.69, 9.17) is 11.6 Å². The molecule has 0 amide bonds. The zero-order chi connectivity index (χ0) is 18.7. The van der Waals surface area contributed by atoms with Crippen LogP contribution in [0.4, 0.5) is 40.7 Å². The summed E-state index contributed by atoms with van der Waals surface area (Å²) in [6.45, 7) is 0. The van der Waals surface area contributed by atoms with Crippen molar-refractivity contribution >= 4 is 34.7 Å². The Labute approximate surface area is 150 Å². The Morgan fingerprint density at radius 3 is 2.31 bits per heavy atom. The Morgan fingerprint density at radius 1 is 0.923 bits per heavy atom. The fourth-order valence-electron chi connectivity index (χ4n) is 2.11. The van der Waals surface area contributed by atoms with E-state index >= 15 is 0 Å². The molecule has 0 bridgehead atoms. The summed E-state index contributed by atoms with van der Waals surface area (Å²) in [6.07, 6.45) is -3.97. The number of alkyl halides is 3. The number of nitrogens with zero attached hydrogens (tertiary/aromatic N) is 2. The molecule has 3 rings (SSSR count). The Balaban J connectivity index is 1.94. The molecule has 2 N–H and O–H groups in total. The molecule has 0 saturated heterocycles. The number of nitrogens with one attached hydrogen (secondary N) is 2. The molecule has 0 fully saturated rings. The summed E-state index contributed by atoms with van der Waals surface area (Å²) in [5, 5.41) is 5.69. The summed E-state index contributed by atoms with van der Waals surface area (Å²) in [5.74, 6) is -0.944. The van der Waals surface area contributed by atoms with Gasteiger partial charge in [-0.15, -0.1) is 0 Å². The number of aromatic nitrogens is 2. The molecule has 0 aliphatic carbocycles. The van der Waals surface area contributed by atoms with Gasteiger partial charge in [-0.3, -0.25) is 0 Å². The molecule has 9 heteroatoms. The van der Waals surface area contributed by atoms with Crippen LogP contribution in [0, 0.1) is 5.82 Å². The minimum absolute atomic E-state index is 0.0749. The molecule has 0 radical (unpaired) electrons. The molecule has 0 saturated carbocycles. The number of hydrogen-bond donors (Lipinski definition) is 2. The fraction of sp³-hybridized carbons (Fsp3) is 0.0588. The maximum Gasteiger partial charge on any atom is 0.421 e. The van der Waals surface area contributed by atoms with Crippen LogP contribution in [-0.4, -0.2) is 9.97 Å². The van der Waals surface area contributed by atoms with Gasteiger partial charge in [0, 0.05) is 22.6 Å². The van der Waals surface area contributed by atoms with Crippen molar-refractivity contribution in [3.63, 3.8) is 0 Å². The lowest BCUT2D eigenvalue weighted by Crippen LogP contribution is -2.12. The predicted molar refractivity (Wildman–Crippen MR) is 91.5 cm³/mol. The summed E-state index contributed by atoms with van der Waals surface area (Å²) in [7, 11) is 0. The van der Waals surface area contributed by atoms with Crippen LogP contribution >= 0.6 is 11.6 Å². The molecule has 0 aliphatic rings. The van der Waals surface area contributed by atoms with Gasteiger partial charge in [0.05, 0.1) is 0 Å². The van der Waals surface area contributed by atoms with Gasteiger partial charge < -0.3 is 10.6 Å². The molecular formula is C17H11ClF4N4. The predicted octanol–water partition coefficient (Wildman–Crippen LogP) is 5.78. The summed E-state index contributed by atoms with van der Waals surface area (Å²) < 4.78 is 52.6. The third kappa shape index (κ3) is 4.40. The Hall–Kier alpha value is -2.87. The van der Waals surface area contributed by atoms with E-state index in [1.165, 1.54) is 30.3 Å². The normalized spacial score (nSPS) is 11.3. The molecule has 4 nitrogen and oxygen atoms in total. The van der Waals surface area contributed by atoms with E-state index in [1.807, 2.05) is 0 Å². The number of anilines is 4. The molecule has 1 aromatic heterocycles. The summed E-state index contributed by atoms with van der Waals surface area (Å²) in [5.41, 5.74) is -0.253. The van der Waals surface area contributed by atoms with Crippen molar-refractivity contribution in [3.8, 4) is 0 Å². The van der Waals surface area contributed by atoms with Crippen LogP contribution in [0.2, 0.25) is 5.02 Å². The standard InChI is InChI=1S/C17H11ClF4N4/c18-10-2-1-3-13(8-10)24-15-14(17(20,21)22)9-23-16(26-15)25-12-6-4-11(19)5-7-12/h1-9H,(H2,23,24,25,26). The third-order valence-electron chi connectivity index (χ3n) is 3.28. The average molecular weight is 383 g/mol. The van der Waals surface area contributed by atoms with Gasteiger partial charge in [0.25, 0.3) is 0 Å². The van der Waals surface area contributed by atoms with Crippen LogP contribution in [0.3, 0.4) is 0 Å².